The molecule has 0 bridgehead atoms. The molecule has 0 spiro atoms. The topological polar surface area (TPSA) is 121 Å². The van der Waals surface area contributed by atoms with Crippen LogP contribution in [-0.4, -0.2) is 26.5 Å². The van der Waals surface area contributed by atoms with Gasteiger partial charge in [-0.15, -0.1) is 0 Å². The molecule has 0 saturated carbocycles. The van der Waals surface area contributed by atoms with Crippen molar-refractivity contribution in [1.29, 1.82) is 0 Å². The monoisotopic (exact) mass is 619 g/mol. The number of halogens is 2. The number of sulfonamides is 1. The summed E-state index contributed by atoms with van der Waals surface area (Å²) in [5, 5.41) is 9.95. The molecule has 0 radical (unpaired) electrons. The number of aryl methyl sites for hydroxylation is 1. The Labute approximate surface area is 210 Å². The van der Waals surface area contributed by atoms with Crippen LogP contribution in [0.1, 0.15) is 30.9 Å². The van der Waals surface area contributed by atoms with Crippen LogP contribution in [0.2, 0.25) is 0 Å². The molecule has 0 saturated heterocycles. The molecule has 0 aromatic heterocycles. The predicted molar refractivity (Wildman–Crippen MR) is 136 cm³/mol. The minimum Gasteiger partial charge on any atom is -0.508 e. The van der Waals surface area contributed by atoms with Gasteiger partial charge in [-0.2, -0.15) is 8.42 Å². The standard InChI is InChI=1S/C16H18BrNO3S.C6H5BrO3S/c1-10(2)14-9-15(11(3)8-16(14)19)18-22(20,21)13-6-4-12(17)5-7-13;7-5-1-3-6(4-2-5)11(8,9)10/h4-10,18-19H,1-3H3;1-4H,(H,8,9,10). The van der Waals surface area contributed by atoms with E-state index in [0.717, 1.165) is 8.95 Å². The summed E-state index contributed by atoms with van der Waals surface area (Å²) < 4.78 is 58.6. The second-order valence-corrected chi connectivity index (χ2v) is 12.3. The van der Waals surface area contributed by atoms with E-state index in [9.17, 15) is 21.9 Å². The molecular formula is C22H23Br2NO6S2. The molecule has 0 atom stereocenters. The number of phenolic OH excluding ortho intramolecular Hbond substituents is 1. The van der Waals surface area contributed by atoms with Crippen LogP contribution in [0.5, 0.6) is 5.75 Å². The van der Waals surface area contributed by atoms with E-state index in [1.54, 1.807) is 43.3 Å². The second kappa shape index (κ2) is 11.0. The third-order valence-corrected chi connectivity index (χ3v) is 7.78. The first-order chi connectivity index (χ1) is 15.2. The maximum absolute atomic E-state index is 12.4. The van der Waals surface area contributed by atoms with Crippen LogP contribution in [-0.2, 0) is 20.1 Å². The molecule has 178 valence electrons. The number of hydrogen-bond donors (Lipinski definition) is 3. The Hall–Kier alpha value is -1.92. The predicted octanol–water partition coefficient (Wildman–Crippen LogP) is 6.08. The molecule has 7 nitrogen and oxygen atoms in total. The summed E-state index contributed by atoms with van der Waals surface area (Å²) in [6, 6.07) is 15.4. The molecule has 3 aromatic carbocycles. The van der Waals surface area contributed by atoms with Gasteiger partial charge >= 0.3 is 0 Å². The lowest BCUT2D eigenvalue weighted by Crippen LogP contribution is -2.14. The number of rotatable bonds is 5. The highest BCUT2D eigenvalue weighted by molar-refractivity contribution is 9.10. The first-order valence-electron chi connectivity index (χ1n) is 9.55. The first-order valence-corrected chi connectivity index (χ1v) is 14.1. The van der Waals surface area contributed by atoms with Gasteiger partial charge in [-0.25, -0.2) is 8.42 Å². The summed E-state index contributed by atoms with van der Waals surface area (Å²) in [4.78, 5) is 0.0926. The van der Waals surface area contributed by atoms with E-state index >= 15 is 0 Å². The fraction of sp³-hybridized carbons (Fsp3) is 0.182. The lowest BCUT2D eigenvalue weighted by molar-refractivity contribution is 0.464. The zero-order valence-electron chi connectivity index (χ0n) is 18.0. The van der Waals surface area contributed by atoms with Crippen molar-refractivity contribution in [1.82, 2.24) is 0 Å². The van der Waals surface area contributed by atoms with Crippen molar-refractivity contribution in [2.24, 2.45) is 0 Å². The number of aromatic hydroxyl groups is 1. The Morgan fingerprint density at radius 2 is 1.27 bits per heavy atom. The zero-order chi connectivity index (χ0) is 25.0. The van der Waals surface area contributed by atoms with Crippen LogP contribution >= 0.6 is 31.9 Å². The van der Waals surface area contributed by atoms with Crippen molar-refractivity contribution in [2.75, 3.05) is 4.72 Å². The van der Waals surface area contributed by atoms with Gasteiger partial charge < -0.3 is 5.11 Å². The molecule has 0 fully saturated rings. The number of benzene rings is 3. The lowest BCUT2D eigenvalue weighted by Gasteiger charge is -2.15. The van der Waals surface area contributed by atoms with Gasteiger partial charge in [0.2, 0.25) is 0 Å². The SMILES string of the molecule is Cc1cc(O)c(C(C)C)cc1NS(=O)(=O)c1ccc(Br)cc1.O=S(=O)(O)c1ccc(Br)cc1. The van der Waals surface area contributed by atoms with E-state index in [1.807, 2.05) is 13.8 Å². The zero-order valence-corrected chi connectivity index (χ0v) is 22.8. The maximum atomic E-state index is 12.4. The van der Waals surface area contributed by atoms with Crippen LogP contribution in [0.15, 0.2) is 79.4 Å². The van der Waals surface area contributed by atoms with Crippen LogP contribution in [0.3, 0.4) is 0 Å². The van der Waals surface area contributed by atoms with Crippen LogP contribution in [0, 0.1) is 6.92 Å². The highest BCUT2D eigenvalue weighted by atomic mass is 79.9. The molecule has 33 heavy (non-hydrogen) atoms. The van der Waals surface area contributed by atoms with E-state index < -0.39 is 20.1 Å². The van der Waals surface area contributed by atoms with Gasteiger partial charge in [0.15, 0.2) is 0 Å². The maximum Gasteiger partial charge on any atom is 0.294 e. The Bertz CT molecular complexity index is 1320. The van der Waals surface area contributed by atoms with Crippen molar-refractivity contribution in [3.05, 3.63) is 80.7 Å². The van der Waals surface area contributed by atoms with Gasteiger partial charge in [0.05, 0.1) is 15.5 Å². The van der Waals surface area contributed by atoms with Gasteiger partial charge in [-0.3, -0.25) is 9.27 Å². The Morgan fingerprint density at radius 3 is 1.70 bits per heavy atom. The fourth-order valence-electron chi connectivity index (χ4n) is 2.71. The minimum absolute atomic E-state index is 0.0940. The molecule has 0 unspecified atom stereocenters. The average Bonchev–Trinajstić information content (AvgIpc) is 2.70. The molecule has 11 heteroatoms. The van der Waals surface area contributed by atoms with Crippen molar-refractivity contribution < 1.29 is 26.5 Å². The smallest absolute Gasteiger partial charge is 0.294 e. The highest BCUT2D eigenvalue weighted by Gasteiger charge is 2.17. The van der Waals surface area contributed by atoms with E-state index in [0.29, 0.717) is 16.8 Å². The number of hydrogen-bond acceptors (Lipinski definition) is 5. The van der Waals surface area contributed by atoms with E-state index in [4.69, 9.17) is 4.55 Å². The number of phenols is 1. The summed E-state index contributed by atoms with van der Waals surface area (Å²) in [7, 11) is -7.70. The Morgan fingerprint density at radius 1 is 0.818 bits per heavy atom. The molecule has 0 amide bonds. The molecular weight excluding hydrogens is 598 g/mol. The van der Waals surface area contributed by atoms with Crippen molar-refractivity contribution >= 4 is 57.7 Å². The van der Waals surface area contributed by atoms with Crippen molar-refractivity contribution in [3.8, 4) is 5.75 Å². The molecule has 0 aliphatic rings. The van der Waals surface area contributed by atoms with Crippen LogP contribution < -0.4 is 4.72 Å². The third-order valence-electron chi connectivity index (χ3n) is 4.48. The minimum atomic E-state index is -4.04. The summed E-state index contributed by atoms with van der Waals surface area (Å²) in [6.07, 6.45) is 0. The Balaban J connectivity index is 0.000000294. The largest absolute Gasteiger partial charge is 0.508 e. The molecule has 0 aliphatic carbocycles. The van der Waals surface area contributed by atoms with Crippen LogP contribution in [0.4, 0.5) is 5.69 Å². The summed E-state index contributed by atoms with van der Waals surface area (Å²) in [5.41, 5.74) is 1.85. The summed E-state index contributed by atoms with van der Waals surface area (Å²) in [5.74, 6) is 0.274. The van der Waals surface area contributed by atoms with E-state index in [1.165, 1.54) is 24.3 Å². The summed E-state index contributed by atoms with van der Waals surface area (Å²) >= 11 is 6.42. The highest BCUT2D eigenvalue weighted by Crippen LogP contribution is 2.32. The van der Waals surface area contributed by atoms with E-state index in [2.05, 4.69) is 36.6 Å². The van der Waals surface area contributed by atoms with Crippen molar-refractivity contribution in [2.45, 2.75) is 36.5 Å². The third kappa shape index (κ3) is 7.82. The average molecular weight is 621 g/mol. The molecule has 3 rings (SSSR count). The van der Waals surface area contributed by atoms with Gasteiger partial charge in [-0.1, -0.05) is 45.7 Å². The van der Waals surface area contributed by atoms with Gasteiger partial charge in [-0.05, 0) is 84.6 Å². The normalized spacial score (nSPS) is 11.6. The summed E-state index contributed by atoms with van der Waals surface area (Å²) in [6.45, 7) is 5.64. The molecule has 3 aromatic rings. The second-order valence-electron chi connectivity index (χ2n) is 7.37. The Kier molecular flexibility index (Phi) is 9.11. The molecule has 0 aliphatic heterocycles. The fourth-order valence-corrected chi connectivity index (χ4v) is 4.84. The molecule has 3 N–H and O–H groups in total. The van der Waals surface area contributed by atoms with Crippen molar-refractivity contribution in [3.63, 3.8) is 0 Å². The van der Waals surface area contributed by atoms with E-state index in [-0.39, 0.29) is 21.5 Å². The van der Waals surface area contributed by atoms with Crippen LogP contribution in [0.25, 0.3) is 0 Å². The number of anilines is 1. The lowest BCUT2D eigenvalue weighted by atomic mass is 9.99. The van der Waals surface area contributed by atoms with Gasteiger partial charge in [0.25, 0.3) is 20.1 Å². The van der Waals surface area contributed by atoms with Gasteiger partial charge in [0.1, 0.15) is 5.75 Å². The first kappa shape index (κ1) is 27.3. The van der Waals surface area contributed by atoms with Gasteiger partial charge in [0, 0.05) is 8.95 Å². The quantitative estimate of drug-likeness (QED) is 0.235. The molecule has 0 heterocycles. The number of nitrogens with one attached hydrogen (secondary N) is 1.